The largest absolute Gasteiger partial charge is 0.469 e. The summed E-state index contributed by atoms with van der Waals surface area (Å²) in [5, 5.41) is 3.30. The molecule has 0 amide bonds. The minimum Gasteiger partial charge on any atom is -0.469 e. The van der Waals surface area contributed by atoms with Crippen molar-refractivity contribution in [2.75, 3.05) is 20.2 Å². The van der Waals surface area contributed by atoms with Gasteiger partial charge in [-0.1, -0.05) is 13.8 Å². The Labute approximate surface area is 87.2 Å². The Morgan fingerprint density at radius 2 is 1.93 bits per heavy atom. The van der Waals surface area contributed by atoms with E-state index in [4.69, 9.17) is 0 Å². The van der Waals surface area contributed by atoms with Gasteiger partial charge in [-0.15, -0.1) is 0 Å². The highest BCUT2D eigenvalue weighted by atomic mass is 16.5. The first-order valence-corrected chi connectivity index (χ1v) is 5.60. The number of rotatable bonds is 3. The first-order valence-electron chi connectivity index (χ1n) is 5.60. The van der Waals surface area contributed by atoms with Crippen molar-refractivity contribution in [3.63, 3.8) is 0 Å². The summed E-state index contributed by atoms with van der Waals surface area (Å²) < 4.78 is 4.59. The second-order valence-electron chi connectivity index (χ2n) is 3.31. The lowest BCUT2D eigenvalue weighted by atomic mass is 9.93. The van der Waals surface area contributed by atoms with Crippen molar-refractivity contribution < 1.29 is 9.53 Å². The van der Waals surface area contributed by atoms with Crippen molar-refractivity contribution in [2.24, 2.45) is 5.92 Å². The van der Waals surface area contributed by atoms with Crippen molar-refractivity contribution in [3.8, 4) is 0 Å². The highest BCUT2D eigenvalue weighted by molar-refractivity contribution is 5.69. The summed E-state index contributed by atoms with van der Waals surface area (Å²) >= 11 is 0. The molecule has 0 atom stereocenters. The maximum absolute atomic E-state index is 10.8. The second-order valence-corrected chi connectivity index (χ2v) is 3.31. The van der Waals surface area contributed by atoms with Crippen LogP contribution in [0.15, 0.2) is 0 Å². The number of methoxy groups -OCH3 is 1. The van der Waals surface area contributed by atoms with E-state index in [9.17, 15) is 4.79 Å². The summed E-state index contributed by atoms with van der Waals surface area (Å²) in [6.45, 7) is 6.21. The van der Waals surface area contributed by atoms with Gasteiger partial charge < -0.3 is 10.1 Å². The maximum Gasteiger partial charge on any atom is 0.305 e. The number of carbonyl (C=O) groups is 1. The van der Waals surface area contributed by atoms with Crippen molar-refractivity contribution in [2.45, 2.75) is 39.5 Å². The van der Waals surface area contributed by atoms with Crippen molar-refractivity contribution in [1.29, 1.82) is 0 Å². The Morgan fingerprint density at radius 1 is 1.36 bits per heavy atom. The van der Waals surface area contributed by atoms with Crippen LogP contribution in [-0.2, 0) is 9.53 Å². The second kappa shape index (κ2) is 9.00. The first kappa shape index (κ1) is 13.4. The van der Waals surface area contributed by atoms with E-state index in [1.807, 2.05) is 13.8 Å². The van der Waals surface area contributed by atoms with Gasteiger partial charge in [-0.05, 0) is 38.3 Å². The Balaban J connectivity index is 0.000000791. The van der Waals surface area contributed by atoms with Crippen molar-refractivity contribution in [1.82, 2.24) is 5.32 Å². The summed E-state index contributed by atoms with van der Waals surface area (Å²) in [4.78, 5) is 10.8. The van der Waals surface area contributed by atoms with Crippen molar-refractivity contribution in [3.05, 3.63) is 0 Å². The molecule has 0 unspecified atom stereocenters. The molecule has 0 aliphatic carbocycles. The normalized spacial score (nSPS) is 16.8. The molecule has 1 N–H and O–H groups in total. The lowest BCUT2D eigenvalue weighted by Gasteiger charge is -2.21. The Bertz CT molecular complexity index is 142. The van der Waals surface area contributed by atoms with Gasteiger partial charge in [-0.25, -0.2) is 0 Å². The van der Waals surface area contributed by atoms with E-state index in [1.165, 1.54) is 20.0 Å². The van der Waals surface area contributed by atoms with Crippen LogP contribution < -0.4 is 5.32 Å². The first-order chi connectivity index (χ1) is 6.83. The van der Waals surface area contributed by atoms with Crippen LogP contribution in [0.1, 0.15) is 39.5 Å². The quantitative estimate of drug-likeness (QED) is 0.709. The van der Waals surface area contributed by atoms with Gasteiger partial charge in [0.2, 0.25) is 0 Å². The van der Waals surface area contributed by atoms with Crippen LogP contribution in [0.5, 0.6) is 0 Å². The summed E-state index contributed by atoms with van der Waals surface area (Å²) in [5.41, 5.74) is 0. The highest BCUT2D eigenvalue weighted by Crippen LogP contribution is 2.17. The molecule has 0 spiro atoms. The molecule has 3 heteroatoms. The molecule has 1 rings (SSSR count). The lowest BCUT2D eigenvalue weighted by molar-refractivity contribution is -0.141. The number of carbonyl (C=O) groups excluding carboxylic acids is 1. The van der Waals surface area contributed by atoms with E-state index in [1.54, 1.807) is 0 Å². The summed E-state index contributed by atoms with van der Waals surface area (Å²) in [5.74, 6) is 0.652. The van der Waals surface area contributed by atoms with Crippen LogP contribution in [0, 0.1) is 5.92 Å². The standard InChI is InChI=1S/C9H17NO2.C2H6/c1-12-9(11)3-2-8-4-6-10-7-5-8;1-2/h8,10H,2-7H2,1H3;1-2H3. The number of nitrogens with one attached hydrogen (secondary N) is 1. The molecule has 0 bridgehead atoms. The minimum atomic E-state index is -0.0754. The third-order valence-electron chi connectivity index (χ3n) is 2.44. The van der Waals surface area contributed by atoms with Crippen LogP contribution in [-0.4, -0.2) is 26.2 Å². The van der Waals surface area contributed by atoms with Crippen LogP contribution in [0.2, 0.25) is 0 Å². The molecular weight excluding hydrogens is 178 g/mol. The van der Waals surface area contributed by atoms with Crippen LogP contribution in [0.4, 0.5) is 0 Å². The smallest absolute Gasteiger partial charge is 0.305 e. The minimum absolute atomic E-state index is 0.0754. The SMILES string of the molecule is CC.COC(=O)CCC1CCNCC1. The Morgan fingerprint density at radius 3 is 2.43 bits per heavy atom. The average Bonchev–Trinajstić information content (AvgIpc) is 2.30. The third-order valence-corrected chi connectivity index (χ3v) is 2.44. The fourth-order valence-electron chi connectivity index (χ4n) is 1.59. The van der Waals surface area contributed by atoms with Crippen molar-refractivity contribution >= 4 is 5.97 Å². The summed E-state index contributed by atoms with van der Waals surface area (Å²) in [6.07, 6.45) is 3.99. The van der Waals surface area contributed by atoms with Gasteiger partial charge in [-0.3, -0.25) is 4.79 Å². The average molecular weight is 201 g/mol. The zero-order chi connectivity index (χ0) is 10.8. The van der Waals surface area contributed by atoms with E-state index in [0.29, 0.717) is 6.42 Å². The molecule has 1 fully saturated rings. The topological polar surface area (TPSA) is 38.3 Å². The zero-order valence-electron chi connectivity index (χ0n) is 9.64. The van der Waals surface area contributed by atoms with E-state index in [0.717, 1.165) is 25.4 Å². The van der Waals surface area contributed by atoms with Crippen LogP contribution in [0.3, 0.4) is 0 Å². The monoisotopic (exact) mass is 201 g/mol. The van der Waals surface area contributed by atoms with Gasteiger partial charge in [0.05, 0.1) is 7.11 Å². The molecule has 0 aromatic carbocycles. The molecule has 14 heavy (non-hydrogen) atoms. The molecule has 0 aromatic heterocycles. The summed E-state index contributed by atoms with van der Waals surface area (Å²) in [6, 6.07) is 0. The highest BCUT2D eigenvalue weighted by Gasteiger charge is 2.14. The Kier molecular flexibility index (Phi) is 8.64. The number of ether oxygens (including phenoxy) is 1. The van der Waals surface area contributed by atoms with E-state index in [-0.39, 0.29) is 5.97 Å². The molecule has 84 valence electrons. The lowest BCUT2D eigenvalue weighted by Crippen LogP contribution is -2.28. The van der Waals surface area contributed by atoms with Gasteiger partial charge in [0.15, 0.2) is 0 Å². The van der Waals surface area contributed by atoms with Gasteiger partial charge in [0.25, 0.3) is 0 Å². The van der Waals surface area contributed by atoms with Gasteiger partial charge >= 0.3 is 5.97 Å². The van der Waals surface area contributed by atoms with E-state index < -0.39 is 0 Å². The number of esters is 1. The predicted octanol–water partition coefficient (Wildman–Crippen LogP) is 1.97. The molecule has 0 aromatic rings. The van der Waals surface area contributed by atoms with Gasteiger partial charge in [0, 0.05) is 6.42 Å². The predicted molar refractivity (Wildman–Crippen MR) is 58.2 cm³/mol. The number of hydrogen-bond acceptors (Lipinski definition) is 3. The van der Waals surface area contributed by atoms with Crippen LogP contribution >= 0.6 is 0 Å². The van der Waals surface area contributed by atoms with E-state index >= 15 is 0 Å². The molecule has 3 nitrogen and oxygen atoms in total. The van der Waals surface area contributed by atoms with Crippen LogP contribution in [0.25, 0.3) is 0 Å². The van der Waals surface area contributed by atoms with Gasteiger partial charge in [-0.2, -0.15) is 0 Å². The maximum atomic E-state index is 10.8. The molecule has 0 radical (unpaired) electrons. The third kappa shape index (κ3) is 5.97. The molecular formula is C11H23NO2. The fourth-order valence-corrected chi connectivity index (χ4v) is 1.59. The number of hydrogen-bond donors (Lipinski definition) is 1. The molecule has 0 saturated carbocycles. The molecule has 1 saturated heterocycles. The molecule has 1 heterocycles. The van der Waals surface area contributed by atoms with E-state index in [2.05, 4.69) is 10.1 Å². The zero-order valence-corrected chi connectivity index (χ0v) is 9.64. The summed E-state index contributed by atoms with van der Waals surface area (Å²) in [7, 11) is 1.45. The fraction of sp³-hybridized carbons (Fsp3) is 0.909. The Hall–Kier alpha value is -0.570. The number of piperidine rings is 1. The molecule has 1 aliphatic heterocycles. The van der Waals surface area contributed by atoms with Gasteiger partial charge in [0.1, 0.15) is 0 Å². The molecule has 1 aliphatic rings.